The second-order valence-corrected chi connectivity index (χ2v) is 3.25. The minimum atomic E-state index is 0.476. The molecule has 0 unspecified atom stereocenters. The first-order valence-corrected chi connectivity index (χ1v) is 5.05. The van der Waals surface area contributed by atoms with Crippen LogP contribution < -0.4 is 0 Å². The lowest BCUT2D eigenvalue weighted by Crippen LogP contribution is -1.89. The number of hydrogen-bond donors (Lipinski definition) is 0. The Hall–Kier alpha value is -2.16. The van der Waals surface area contributed by atoms with Crippen LogP contribution in [0.4, 0.5) is 0 Å². The predicted molar refractivity (Wildman–Crippen MR) is 63.1 cm³/mol. The number of oxime groups is 1. The molecule has 2 rings (SSSR count). The van der Waals surface area contributed by atoms with Gasteiger partial charge in [-0.1, -0.05) is 41.6 Å². The van der Waals surface area contributed by atoms with Gasteiger partial charge >= 0.3 is 0 Å². The lowest BCUT2D eigenvalue weighted by Gasteiger charge is -1.98. The van der Waals surface area contributed by atoms with E-state index in [1.165, 1.54) is 0 Å². The lowest BCUT2D eigenvalue weighted by atomic mass is 10.2. The van der Waals surface area contributed by atoms with E-state index in [0.717, 1.165) is 11.3 Å². The molecule has 0 saturated carbocycles. The highest BCUT2D eigenvalue weighted by atomic mass is 16.6. The largest absolute Gasteiger partial charge is 0.391 e. The third-order valence-corrected chi connectivity index (χ3v) is 2.02. The minimum Gasteiger partial charge on any atom is -0.391 e. The molecule has 16 heavy (non-hydrogen) atoms. The predicted octanol–water partition coefficient (Wildman–Crippen LogP) is 2.63. The summed E-state index contributed by atoms with van der Waals surface area (Å²) in [5, 5.41) is 3.85. The van der Waals surface area contributed by atoms with E-state index in [1.807, 2.05) is 48.5 Å². The van der Waals surface area contributed by atoms with Crippen molar-refractivity contribution in [3.8, 4) is 0 Å². The summed E-state index contributed by atoms with van der Waals surface area (Å²) in [5.74, 6) is 0. The highest BCUT2D eigenvalue weighted by Gasteiger charge is 1.89. The topological polar surface area (TPSA) is 34.5 Å². The quantitative estimate of drug-likeness (QED) is 0.576. The van der Waals surface area contributed by atoms with Gasteiger partial charge in [-0.2, -0.15) is 0 Å². The molecule has 2 aromatic rings. The van der Waals surface area contributed by atoms with Gasteiger partial charge in [-0.15, -0.1) is 0 Å². The molecular weight excluding hydrogens is 200 g/mol. The summed E-state index contributed by atoms with van der Waals surface area (Å²) >= 11 is 0. The van der Waals surface area contributed by atoms with E-state index in [9.17, 15) is 0 Å². The van der Waals surface area contributed by atoms with Crippen LogP contribution in [0.1, 0.15) is 11.3 Å². The Morgan fingerprint density at radius 2 is 1.88 bits per heavy atom. The van der Waals surface area contributed by atoms with Crippen molar-refractivity contribution in [3.05, 3.63) is 66.0 Å². The Balaban J connectivity index is 1.83. The molecule has 0 aliphatic rings. The monoisotopic (exact) mass is 212 g/mol. The van der Waals surface area contributed by atoms with E-state index in [4.69, 9.17) is 4.84 Å². The zero-order chi connectivity index (χ0) is 11.1. The summed E-state index contributed by atoms with van der Waals surface area (Å²) in [7, 11) is 0. The third kappa shape index (κ3) is 3.20. The normalized spacial score (nSPS) is 10.5. The van der Waals surface area contributed by atoms with Gasteiger partial charge in [0.15, 0.2) is 0 Å². The number of benzene rings is 1. The molecule has 0 radical (unpaired) electrons. The molecule has 0 spiro atoms. The molecule has 80 valence electrons. The molecule has 0 atom stereocenters. The molecule has 0 saturated heterocycles. The number of nitrogens with zero attached hydrogens (tertiary/aromatic N) is 2. The molecule has 3 nitrogen and oxygen atoms in total. The molecule has 3 heteroatoms. The molecule has 0 aliphatic heterocycles. The van der Waals surface area contributed by atoms with E-state index in [-0.39, 0.29) is 0 Å². The van der Waals surface area contributed by atoms with Crippen molar-refractivity contribution in [2.24, 2.45) is 5.16 Å². The molecule has 0 amide bonds. The lowest BCUT2D eigenvalue weighted by molar-refractivity contribution is 0.132. The van der Waals surface area contributed by atoms with Gasteiger partial charge in [0.05, 0.1) is 11.9 Å². The molecule has 0 bridgehead atoms. The van der Waals surface area contributed by atoms with Gasteiger partial charge in [-0.3, -0.25) is 4.98 Å². The molecular formula is C13H12N2O. The van der Waals surface area contributed by atoms with Crippen molar-refractivity contribution >= 4 is 6.21 Å². The smallest absolute Gasteiger partial charge is 0.142 e. The van der Waals surface area contributed by atoms with E-state index >= 15 is 0 Å². The van der Waals surface area contributed by atoms with Gasteiger partial charge in [0.1, 0.15) is 6.61 Å². The van der Waals surface area contributed by atoms with Gasteiger partial charge in [0.2, 0.25) is 0 Å². The summed E-state index contributed by atoms with van der Waals surface area (Å²) < 4.78 is 0. The highest BCUT2D eigenvalue weighted by Crippen LogP contribution is 2.00. The maximum atomic E-state index is 5.15. The highest BCUT2D eigenvalue weighted by molar-refractivity contribution is 5.76. The third-order valence-electron chi connectivity index (χ3n) is 2.02. The van der Waals surface area contributed by atoms with Gasteiger partial charge in [0, 0.05) is 6.20 Å². The fourth-order valence-electron chi connectivity index (χ4n) is 1.23. The van der Waals surface area contributed by atoms with Crippen LogP contribution in [-0.2, 0) is 11.4 Å². The molecule has 1 aromatic heterocycles. The molecule has 1 aromatic carbocycles. The molecule has 1 heterocycles. The number of rotatable bonds is 4. The van der Waals surface area contributed by atoms with E-state index in [2.05, 4.69) is 10.1 Å². The van der Waals surface area contributed by atoms with E-state index in [1.54, 1.807) is 12.4 Å². The Morgan fingerprint density at radius 3 is 2.62 bits per heavy atom. The zero-order valence-electron chi connectivity index (χ0n) is 8.78. The SMILES string of the molecule is C(=N\OCc1ccccc1)/c1ccccn1. The summed E-state index contributed by atoms with van der Waals surface area (Å²) in [5.41, 5.74) is 1.89. The summed E-state index contributed by atoms with van der Waals surface area (Å²) in [6.07, 6.45) is 3.32. The van der Waals surface area contributed by atoms with Crippen LogP contribution in [0.3, 0.4) is 0 Å². The maximum Gasteiger partial charge on any atom is 0.142 e. The van der Waals surface area contributed by atoms with Crippen LogP contribution >= 0.6 is 0 Å². The van der Waals surface area contributed by atoms with Crippen molar-refractivity contribution in [1.29, 1.82) is 0 Å². The van der Waals surface area contributed by atoms with Crippen LogP contribution in [0.2, 0.25) is 0 Å². The second kappa shape index (κ2) is 5.66. The average molecular weight is 212 g/mol. The summed E-state index contributed by atoms with van der Waals surface area (Å²) in [6.45, 7) is 0.476. The molecule has 0 fully saturated rings. The first-order chi connectivity index (χ1) is 7.95. The van der Waals surface area contributed by atoms with E-state index < -0.39 is 0 Å². The van der Waals surface area contributed by atoms with Gasteiger partial charge in [-0.25, -0.2) is 0 Å². The van der Waals surface area contributed by atoms with Crippen molar-refractivity contribution in [2.45, 2.75) is 6.61 Å². The van der Waals surface area contributed by atoms with Crippen LogP contribution in [0.5, 0.6) is 0 Å². The van der Waals surface area contributed by atoms with Gasteiger partial charge < -0.3 is 4.84 Å². The fraction of sp³-hybridized carbons (Fsp3) is 0.0769. The summed E-state index contributed by atoms with van der Waals surface area (Å²) in [4.78, 5) is 9.25. The van der Waals surface area contributed by atoms with Crippen molar-refractivity contribution in [3.63, 3.8) is 0 Å². The average Bonchev–Trinajstić information content (AvgIpc) is 2.37. The van der Waals surface area contributed by atoms with Gasteiger partial charge in [-0.05, 0) is 17.7 Å². The minimum absolute atomic E-state index is 0.476. The van der Waals surface area contributed by atoms with Crippen molar-refractivity contribution < 1.29 is 4.84 Å². The van der Waals surface area contributed by atoms with Crippen molar-refractivity contribution in [1.82, 2.24) is 4.98 Å². The first-order valence-electron chi connectivity index (χ1n) is 5.05. The van der Waals surface area contributed by atoms with Crippen LogP contribution in [0.15, 0.2) is 59.9 Å². The number of pyridine rings is 1. The van der Waals surface area contributed by atoms with Crippen LogP contribution in [0.25, 0.3) is 0 Å². The van der Waals surface area contributed by atoms with Gasteiger partial charge in [0.25, 0.3) is 0 Å². The second-order valence-electron chi connectivity index (χ2n) is 3.25. The molecule has 0 aliphatic carbocycles. The summed E-state index contributed by atoms with van der Waals surface area (Å²) in [6, 6.07) is 15.6. The fourth-order valence-corrected chi connectivity index (χ4v) is 1.23. The zero-order valence-corrected chi connectivity index (χ0v) is 8.78. The van der Waals surface area contributed by atoms with Crippen LogP contribution in [0, 0.1) is 0 Å². The first kappa shape index (κ1) is 10.4. The standard InChI is InChI=1S/C13H12N2O/c1-2-6-12(7-3-1)11-16-15-10-13-8-4-5-9-14-13/h1-10H,11H2/b15-10+. The maximum absolute atomic E-state index is 5.15. The van der Waals surface area contributed by atoms with E-state index in [0.29, 0.717) is 6.61 Å². The number of hydrogen-bond acceptors (Lipinski definition) is 3. The van der Waals surface area contributed by atoms with Crippen LogP contribution in [-0.4, -0.2) is 11.2 Å². The Kier molecular flexibility index (Phi) is 3.66. The Morgan fingerprint density at radius 1 is 1.06 bits per heavy atom. The van der Waals surface area contributed by atoms with Crippen molar-refractivity contribution in [2.75, 3.05) is 0 Å². The number of aromatic nitrogens is 1. The molecule has 0 N–H and O–H groups in total. The Bertz CT molecular complexity index is 440. The Labute approximate surface area is 94.4 Å².